The zero-order chi connectivity index (χ0) is 16.7. The molecule has 0 bridgehead atoms. The first-order valence-corrected chi connectivity index (χ1v) is 9.39. The van der Waals surface area contributed by atoms with Crippen molar-refractivity contribution >= 4 is 0 Å². The van der Waals surface area contributed by atoms with Crippen LogP contribution in [0.5, 0.6) is 0 Å². The SMILES string of the molecule is C=C(C[C@H](O)[C@@H]1OC1(C)C)[C@@H]1C[C@@H](O)[C@@]2(C)[C@@H]1[C@@H]1[C@H](C)CC[C@@H]12. The monoisotopic (exact) mass is 320 g/mol. The van der Waals surface area contributed by atoms with Crippen LogP contribution in [-0.4, -0.2) is 34.1 Å². The first-order chi connectivity index (χ1) is 10.7. The predicted octanol–water partition coefficient (Wildman–Crippen LogP) is 3.15. The van der Waals surface area contributed by atoms with Crippen molar-refractivity contribution in [3.8, 4) is 0 Å². The molecule has 0 unspecified atom stereocenters. The number of hydrogen-bond donors (Lipinski definition) is 2. The van der Waals surface area contributed by atoms with Crippen LogP contribution in [0.4, 0.5) is 0 Å². The Balaban J connectivity index is 1.48. The molecule has 23 heavy (non-hydrogen) atoms. The van der Waals surface area contributed by atoms with Crippen molar-refractivity contribution in [2.24, 2.45) is 35.0 Å². The van der Waals surface area contributed by atoms with Crippen molar-refractivity contribution in [3.05, 3.63) is 12.2 Å². The fourth-order valence-corrected chi connectivity index (χ4v) is 6.69. The molecule has 1 aliphatic heterocycles. The van der Waals surface area contributed by atoms with Crippen molar-refractivity contribution in [1.82, 2.24) is 0 Å². The maximum absolute atomic E-state index is 10.7. The average molecular weight is 320 g/mol. The number of aliphatic hydroxyl groups excluding tert-OH is 2. The van der Waals surface area contributed by atoms with Crippen LogP contribution in [0.25, 0.3) is 0 Å². The van der Waals surface area contributed by atoms with Gasteiger partial charge in [-0.3, -0.25) is 0 Å². The fraction of sp³-hybridized carbons (Fsp3) is 0.900. The Hall–Kier alpha value is -0.380. The Morgan fingerprint density at radius 1 is 1.30 bits per heavy atom. The van der Waals surface area contributed by atoms with Crippen molar-refractivity contribution in [2.75, 3.05) is 0 Å². The van der Waals surface area contributed by atoms with E-state index in [-0.39, 0.29) is 23.2 Å². The summed E-state index contributed by atoms with van der Waals surface area (Å²) in [5, 5.41) is 21.2. The van der Waals surface area contributed by atoms with Gasteiger partial charge in [-0.25, -0.2) is 0 Å². The highest BCUT2D eigenvalue weighted by atomic mass is 16.6. The normalized spacial score (nSPS) is 54.1. The van der Waals surface area contributed by atoms with Gasteiger partial charge >= 0.3 is 0 Å². The lowest BCUT2D eigenvalue weighted by molar-refractivity contribution is -0.143. The van der Waals surface area contributed by atoms with Crippen LogP contribution < -0.4 is 0 Å². The van der Waals surface area contributed by atoms with Gasteiger partial charge in [0, 0.05) is 5.41 Å². The maximum Gasteiger partial charge on any atom is 0.113 e. The lowest BCUT2D eigenvalue weighted by Gasteiger charge is -2.58. The van der Waals surface area contributed by atoms with Gasteiger partial charge in [0.15, 0.2) is 0 Å². The summed E-state index contributed by atoms with van der Waals surface area (Å²) in [6.07, 6.45) is 3.31. The van der Waals surface area contributed by atoms with E-state index >= 15 is 0 Å². The molecule has 3 aliphatic carbocycles. The van der Waals surface area contributed by atoms with E-state index in [4.69, 9.17) is 4.74 Å². The smallest absolute Gasteiger partial charge is 0.113 e. The Morgan fingerprint density at radius 2 is 1.96 bits per heavy atom. The summed E-state index contributed by atoms with van der Waals surface area (Å²) in [5.74, 6) is 3.16. The Bertz CT molecular complexity index is 527. The zero-order valence-corrected chi connectivity index (χ0v) is 15.0. The number of epoxide rings is 1. The number of rotatable bonds is 4. The molecule has 0 aromatic heterocycles. The number of aliphatic hydroxyl groups is 2. The van der Waals surface area contributed by atoms with Crippen molar-refractivity contribution in [2.45, 2.75) is 77.3 Å². The first kappa shape index (κ1) is 16.1. The fourth-order valence-electron chi connectivity index (χ4n) is 6.69. The van der Waals surface area contributed by atoms with Crippen molar-refractivity contribution in [1.29, 1.82) is 0 Å². The second-order valence-corrected chi connectivity index (χ2v) is 9.56. The van der Waals surface area contributed by atoms with Crippen molar-refractivity contribution < 1.29 is 14.9 Å². The average Bonchev–Trinajstić information content (AvgIpc) is 2.87. The third-order valence-electron chi connectivity index (χ3n) is 8.02. The summed E-state index contributed by atoms with van der Waals surface area (Å²) in [7, 11) is 0. The predicted molar refractivity (Wildman–Crippen MR) is 89.8 cm³/mol. The molecule has 1 saturated heterocycles. The highest BCUT2D eigenvalue weighted by molar-refractivity contribution is 5.24. The highest BCUT2D eigenvalue weighted by Gasteiger charge is 2.70. The second kappa shape index (κ2) is 4.83. The van der Waals surface area contributed by atoms with Crippen LogP contribution in [0.15, 0.2) is 12.2 Å². The molecule has 4 rings (SSSR count). The summed E-state index contributed by atoms with van der Waals surface area (Å²) in [6, 6.07) is 0. The molecule has 4 aliphatic rings. The third kappa shape index (κ3) is 2.06. The maximum atomic E-state index is 10.7. The van der Waals surface area contributed by atoms with E-state index in [9.17, 15) is 10.2 Å². The molecule has 3 saturated carbocycles. The second-order valence-electron chi connectivity index (χ2n) is 9.56. The first-order valence-electron chi connectivity index (χ1n) is 9.39. The number of ether oxygens (including phenoxy) is 1. The molecule has 9 atom stereocenters. The van der Waals surface area contributed by atoms with Gasteiger partial charge in [0.25, 0.3) is 0 Å². The molecule has 0 aromatic rings. The third-order valence-corrected chi connectivity index (χ3v) is 8.02. The molecule has 3 heteroatoms. The van der Waals surface area contributed by atoms with Crippen LogP contribution in [0, 0.1) is 35.0 Å². The minimum Gasteiger partial charge on any atom is -0.393 e. The topological polar surface area (TPSA) is 53.0 Å². The molecule has 130 valence electrons. The van der Waals surface area contributed by atoms with Gasteiger partial charge in [-0.2, -0.15) is 0 Å². The largest absolute Gasteiger partial charge is 0.393 e. The number of hydrogen-bond acceptors (Lipinski definition) is 3. The van der Waals surface area contributed by atoms with Gasteiger partial charge in [0.1, 0.15) is 6.10 Å². The minimum atomic E-state index is -0.460. The molecule has 0 spiro atoms. The minimum absolute atomic E-state index is 0.0588. The van der Waals surface area contributed by atoms with Gasteiger partial charge < -0.3 is 14.9 Å². The van der Waals surface area contributed by atoms with Crippen LogP contribution >= 0.6 is 0 Å². The van der Waals surface area contributed by atoms with Gasteiger partial charge in [-0.1, -0.05) is 32.4 Å². The van der Waals surface area contributed by atoms with Gasteiger partial charge in [0.05, 0.1) is 17.8 Å². The lowest BCUT2D eigenvalue weighted by atomic mass is 9.46. The van der Waals surface area contributed by atoms with Crippen LogP contribution in [-0.2, 0) is 4.74 Å². The van der Waals surface area contributed by atoms with E-state index < -0.39 is 6.10 Å². The summed E-state index contributed by atoms with van der Waals surface area (Å²) in [5.41, 5.74) is 1.03. The van der Waals surface area contributed by atoms with E-state index in [1.807, 2.05) is 13.8 Å². The molecular formula is C20H32O3. The molecule has 4 fully saturated rings. The van der Waals surface area contributed by atoms with Crippen LogP contribution in [0.3, 0.4) is 0 Å². The summed E-state index contributed by atoms with van der Waals surface area (Å²) < 4.78 is 5.58. The van der Waals surface area contributed by atoms with Crippen molar-refractivity contribution in [3.63, 3.8) is 0 Å². The number of fused-ring (bicyclic) bond motifs is 4. The highest BCUT2D eigenvalue weighted by Crippen LogP contribution is 2.73. The standard InChI is InChI=1S/C20H32O3/c1-10-6-7-13-16(10)17-12(9-15(22)20(13,17)5)11(2)8-14(21)18-19(3,4)23-18/h10,12-18,21-22H,2,6-9H2,1,3-5H3/t10-,12+,13+,14+,15-,16-,17+,18+,20+/m1/s1. The van der Waals surface area contributed by atoms with Crippen LogP contribution in [0.2, 0.25) is 0 Å². The van der Waals surface area contributed by atoms with E-state index in [0.717, 1.165) is 23.8 Å². The Morgan fingerprint density at radius 3 is 2.57 bits per heavy atom. The van der Waals surface area contributed by atoms with E-state index in [1.54, 1.807) is 0 Å². The molecule has 0 aromatic carbocycles. The molecule has 2 N–H and O–H groups in total. The van der Waals surface area contributed by atoms with Crippen LogP contribution in [0.1, 0.15) is 53.4 Å². The summed E-state index contributed by atoms with van der Waals surface area (Å²) >= 11 is 0. The quantitative estimate of drug-likeness (QED) is 0.618. The van der Waals surface area contributed by atoms with Gasteiger partial charge in [0.2, 0.25) is 0 Å². The molecule has 1 heterocycles. The zero-order valence-electron chi connectivity index (χ0n) is 15.0. The van der Waals surface area contributed by atoms with Gasteiger partial charge in [-0.15, -0.1) is 0 Å². The van der Waals surface area contributed by atoms with E-state index in [2.05, 4.69) is 20.4 Å². The van der Waals surface area contributed by atoms with Gasteiger partial charge in [-0.05, 0) is 62.7 Å². The molecule has 0 radical (unpaired) electrons. The molecule has 3 nitrogen and oxygen atoms in total. The summed E-state index contributed by atoms with van der Waals surface area (Å²) in [4.78, 5) is 0. The molecular weight excluding hydrogens is 288 g/mol. The molecule has 0 amide bonds. The Labute approximate surface area is 140 Å². The Kier molecular flexibility index (Phi) is 3.38. The van der Waals surface area contributed by atoms with E-state index in [0.29, 0.717) is 24.2 Å². The lowest BCUT2D eigenvalue weighted by Crippen LogP contribution is -2.57. The summed E-state index contributed by atoms with van der Waals surface area (Å²) in [6.45, 7) is 13.1. The van der Waals surface area contributed by atoms with E-state index in [1.165, 1.54) is 12.8 Å².